The van der Waals surface area contributed by atoms with Gasteiger partial charge in [0.1, 0.15) is 17.5 Å². The standard InChI is InChI=1S/C9H12N6/c1-6-12-7(2)15(14-6)8-3-4-11-9(5-8)13-10/h3-5H,10H2,1-2H3,(H,11,13). The van der Waals surface area contributed by atoms with Crippen molar-refractivity contribution < 1.29 is 0 Å². The maximum atomic E-state index is 5.28. The van der Waals surface area contributed by atoms with Crippen LogP contribution in [0.25, 0.3) is 5.69 Å². The van der Waals surface area contributed by atoms with E-state index in [1.54, 1.807) is 16.9 Å². The van der Waals surface area contributed by atoms with Crippen LogP contribution in [0.3, 0.4) is 0 Å². The number of nitrogen functional groups attached to an aromatic ring is 1. The van der Waals surface area contributed by atoms with Gasteiger partial charge in [-0.1, -0.05) is 0 Å². The van der Waals surface area contributed by atoms with Crippen LogP contribution >= 0.6 is 0 Å². The molecule has 0 fully saturated rings. The highest BCUT2D eigenvalue weighted by atomic mass is 15.3. The number of rotatable bonds is 2. The molecule has 0 aromatic carbocycles. The number of aromatic nitrogens is 4. The highest BCUT2D eigenvalue weighted by Crippen LogP contribution is 2.11. The van der Waals surface area contributed by atoms with Crippen LogP contribution in [0.2, 0.25) is 0 Å². The first kappa shape index (κ1) is 9.60. The molecule has 78 valence electrons. The van der Waals surface area contributed by atoms with Crippen molar-refractivity contribution in [2.75, 3.05) is 5.43 Å². The van der Waals surface area contributed by atoms with Crippen LogP contribution in [0.4, 0.5) is 5.82 Å². The van der Waals surface area contributed by atoms with Crippen molar-refractivity contribution in [1.29, 1.82) is 0 Å². The lowest BCUT2D eigenvalue weighted by Crippen LogP contribution is -2.09. The molecule has 0 unspecified atom stereocenters. The molecule has 0 saturated heterocycles. The zero-order valence-electron chi connectivity index (χ0n) is 8.60. The molecule has 2 aromatic heterocycles. The Kier molecular flexibility index (Phi) is 2.34. The molecule has 0 aliphatic carbocycles. The Labute approximate surface area is 87.1 Å². The topological polar surface area (TPSA) is 81.7 Å². The monoisotopic (exact) mass is 204 g/mol. The number of nitrogens with zero attached hydrogens (tertiary/aromatic N) is 4. The summed E-state index contributed by atoms with van der Waals surface area (Å²) in [7, 11) is 0. The van der Waals surface area contributed by atoms with E-state index in [1.165, 1.54) is 0 Å². The third-order valence-corrected chi connectivity index (χ3v) is 2.01. The predicted molar refractivity (Wildman–Crippen MR) is 56.4 cm³/mol. The van der Waals surface area contributed by atoms with Crippen molar-refractivity contribution in [3.8, 4) is 5.69 Å². The molecule has 0 aliphatic rings. The van der Waals surface area contributed by atoms with Gasteiger partial charge < -0.3 is 5.43 Å². The lowest BCUT2D eigenvalue weighted by molar-refractivity contribution is 0.829. The lowest BCUT2D eigenvalue weighted by atomic mass is 10.4. The number of pyridine rings is 1. The highest BCUT2D eigenvalue weighted by molar-refractivity contribution is 5.43. The minimum absolute atomic E-state index is 0.597. The van der Waals surface area contributed by atoms with Crippen LogP contribution in [0.5, 0.6) is 0 Å². The van der Waals surface area contributed by atoms with Gasteiger partial charge in [0.2, 0.25) is 0 Å². The first-order chi connectivity index (χ1) is 7.20. The van der Waals surface area contributed by atoms with Gasteiger partial charge in [0.25, 0.3) is 0 Å². The average molecular weight is 204 g/mol. The van der Waals surface area contributed by atoms with Crippen molar-refractivity contribution in [2.45, 2.75) is 13.8 Å². The van der Waals surface area contributed by atoms with E-state index in [1.807, 2.05) is 19.9 Å². The Morgan fingerprint density at radius 3 is 2.80 bits per heavy atom. The third-order valence-electron chi connectivity index (χ3n) is 2.01. The zero-order chi connectivity index (χ0) is 10.8. The zero-order valence-corrected chi connectivity index (χ0v) is 8.60. The van der Waals surface area contributed by atoms with Crippen molar-refractivity contribution >= 4 is 5.82 Å². The summed E-state index contributed by atoms with van der Waals surface area (Å²) < 4.78 is 1.75. The predicted octanol–water partition coefficient (Wildman–Crippen LogP) is 0.565. The average Bonchev–Trinajstić information content (AvgIpc) is 2.58. The van der Waals surface area contributed by atoms with Gasteiger partial charge >= 0.3 is 0 Å². The minimum Gasteiger partial charge on any atom is -0.308 e. The number of hydrazine groups is 1. The van der Waals surface area contributed by atoms with Crippen molar-refractivity contribution in [1.82, 2.24) is 19.7 Å². The fourth-order valence-electron chi connectivity index (χ4n) is 1.40. The maximum Gasteiger partial charge on any atom is 0.148 e. The van der Waals surface area contributed by atoms with Crippen molar-refractivity contribution in [2.24, 2.45) is 5.84 Å². The van der Waals surface area contributed by atoms with Gasteiger partial charge in [-0.3, -0.25) is 0 Å². The Morgan fingerprint density at radius 1 is 1.40 bits per heavy atom. The minimum atomic E-state index is 0.597. The summed E-state index contributed by atoms with van der Waals surface area (Å²) in [6.07, 6.45) is 1.67. The smallest absolute Gasteiger partial charge is 0.148 e. The fourth-order valence-corrected chi connectivity index (χ4v) is 1.40. The molecule has 0 bridgehead atoms. The van der Waals surface area contributed by atoms with Gasteiger partial charge in [-0.25, -0.2) is 20.5 Å². The molecule has 6 heteroatoms. The molecule has 6 nitrogen and oxygen atoms in total. The molecule has 0 radical (unpaired) electrons. The molecule has 2 heterocycles. The normalized spacial score (nSPS) is 10.3. The van der Waals surface area contributed by atoms with Crippen LogP contribution < -0.4 is 11.3 Å². The molecule has 0 spiro atoms. The van der Waals surface area contributed by atoms with Gasteiger partial charge in [-0.2, -0.15) is 5.10 Å². The largest absolute Gasteiger partial charge is 0.308 e. The van der Waals surface area contributed by atoms with E-state index in [2.05, 4.69) is 20.5 Å². The first-order valence-electron chi connectivity index (χ1n) is 4.54. The maximum absolute atomic E-state index is 5.28. The van der Waals surface area contributed by atoms with Crippen LogP contribution in [0.1, 0.15) is 11.6 Å². The SMILES string of the molecule is Cc1nc(C)n(-c2ccnc(NN)c2)n1. The van der Waals surface area contributed by atoms with E-state index in [0.29, 0.717) is 5.82 Å². The molecule has 2 rings (SSSR count). The number of hydrogen-bond donors (Lipinski definition) is 2. The second-order valence-electron chi connectivity index (χ2n) is 3.16. The van der Waals surface area contributed by atoms with Gasteiger partial charge in [0.05, 0.1) is 5.69 Å². The van der Waals surface area contributed by atoms with E-state index < -0.39 is 0 Å². The van der Waals surface area contributed by atoms with E-state index in [-0.39, 0.29) is 0 Å². The number of nitrogens with one attached hydrogen (secondary N) is 1. The summed E-state index contributed by atoms with van der Waals surface area (Å²) in [6, 6.07) is 3.66. The van der Waals surface area contributed by atoms with Crippen LogP contribution in [0.15, 0.2) is 18.3 Å². The van der Waals surface area contributed by atoms with Gasteiger partial charge in [-0.15, -0.1) is 0 Å². The lowest BCUT2D eigenvalue weighted by Gasteiger charge is -2.04. The Bertz CT molecular complexity index is 475. The second-order valence-corrected chi connectivity index (χ2v) is 3.16. The van der Waals surface area contributed by atoms with Crippen LogP contribution in [0, 0.1) is 13.8 Å². The number of hydrogen-bond acceptors (Lipinski definition) is 5. The van der Waals surface area contributed by atoms with Crippen molar-refractivity contribution in [3.63, 3.8) is 0 Å². The molecule has 0 atom stereocenters. The summed E-state index contributed by atoms with van der Waals surface area (Å²) in [5.74, 6) is 7.46. The Morgan fingerprint density at radius 2 is 2.20 bits per heavy atom. The highest BCUT2D eigenvalue weighted by Gasteiger charge is 2.05. The van der Waals surface area contributed by atoms with Gasteiger partial charge in [-0.05, 0) is 19.9 Å². The molecule has 0 amide bonds. The van der Waals surface area contributed by atoms with Gasteiger partial charge in [0, 0.05) is 12.3 Å². The first-order valence-corrected chi connectivity index (χ1v) is 4.54. The molecule has 0 saturated carbocycles. The molecule has 3 N–H and O–H groups in total. The number of nitrogens with two attached hydrogens (primary N) is 1. The summed E-state index contributed by atoms with van der Waals surface area (Å²) in [4.78, 5) is 8.24. The Hall–Kier alpha value is -1.95. The van der Waals surface area contributed by atoms with E-state index in [0.717, 1.165) is 17.3 Å². The number of aryl methyl sites for hydroxylation is 2. The van der Waals surface area contributed by atoms with Crippen LogP contribution in [-0.4, -0.2) is 19.7 Å². The number of anilines is 1. The summed E-state index contributed by atoms with van der Waals surface area (Å²) in [5, 5.41) is 4.27. The molecular formula is C9H12N6. The van der Waals surface area contributed by atoms with Crippen molar-refractivity contribution in [3.05, 3.63) is 30.0 Å². The molecular weight excluding hydrogens is 192 g/mol. The van der Waals surface area contributed by atoms with E-state index in [9.17, 15) is 0 Å². The molecule has 2 aromatic rings. The summed E-state index contributed by atoms with van der Waals surface area (Å²) in [6.45, 7) is 3.75. The summed E-state index contributed by atoms with van der Waals surface area (Å²) >= 11 is 0. The molecule has 15 heavy (non-hydrogen) atoms. The van der Waals surface area contributed by atoms with Gasteiger partial charge in [0.15, 0.2) is 0 Å². The second kappa shape index (κ2) is 3.66. The third kappa shape index (κ3) is 1.79. The fraction of sp³-hybridized carbons (Fsp3) is 0.222. The summed E-state index contributed by atoms with van der Waals surface area (Å²) in [5.41, 5.74) is 3.38. The Balaban J connectivity index is 2.49. The van der Waals surface area contributed by atoms with E-state index in [4.69, 9.17) is 5.84 Å². The van der Waals surface area contributed by atoms with E-state index >= 15 is 0 Å². The quantitative estimate of drug-likeness (QED) is 0.552. The molecule has 0 aliphatic heterocycles. The van der Waals surface area contributed by atoms with Crippen LogP contribution in [-0.2, 0) is 0 Å².